The molecule has 1 unspecified atom stereocenters. The number of methoxy groups -OCH3 is 1. The van der Waals surface area contributed by atoms with Crippen molar-refractivity contribution < 1.29 is 14.6 Å². The quantitative estimate of drug-likeness (QED) is 0.550. The van der Waals surface area contributed by atoms with Crippen molar-refractivity contribution in [2.24, 2.45) is 5.73 Å². The van der Waals surface area contributed by atoms with E-state index in [0.29, 0.717) is 6.61 Å². The standard InChI is InChI=1S/C6H13NO3/c1-6(9,5(7)8)3-4-10-2/h9H,3-4H2,1-2H3,(H2,7,8). The van der Waals surface area contributed by atoms with Crippen LogP contribution in [0.3, 0.4) is 0 Å². The first-order valence-corrected chi connectivity index (χ1v) is 3.02. The van der Waals surface area contributed by atoms with Gasteiger partial charge in [-0.25, -0.2) is 0 Å². The van der Waals surface area contributed by atoms with E-state index in [0.717, 1.165) is 0 Å². The highest BCUT2D eigenvalue weighted by Gasteiger charge is 2.26. The largest absolute Gasteiger partial charge is 0.385 e. The minimum Gasteiger partial charge on any atom is -0.385 e. The Labute approximate surface area is 60.0 Å². The van der Waals surface area contributed by atoms with E-state index >= 15 is 0 Å². The van der Waals surface area contributed by atoms with E-state index in [4.69, 9.17) is 10.8 Å². The summed E-state index contributed by atoms with van der Waals surface area (Å²) in [5, 5.41) is 9.17. The third kappa shape index (κ3) is 2.80. The SMILES string of the molecule is COCCC(C)(O)C(N)=O. The number of ether oxygens (including phenoxy) is 1. The average molecular weight is 147 g/mol. The summed E-state index contributed by atoms with van der Waals surface area (Å²) in [5.41, 5.74) is 3.43. The Balaban J connectivity index is 3.75. The van der Waals surface area contributed by atoms with E-state index in [9.17, 15) is 4.79 Å². The van der Waals surface area contributed by atoms with Crippen LogP contribution in [0.5, 0.6) is 0 Å². The molecule has 0 spiro atoms. The van der Waals surface area contributed by atoms with Crippen molar-refractivity contribution in [1.82, 2.24) is 0 Å². The highest BCUT2D eigenvalue weighted by atomic mass is 16.5. The van der Waals surface area contributed by atoms with Gasteiger partial charge < -0.3 is 15.6 Å². The fourth-order valence-corrected chi connectivity index (χ4v) is 0.424. The number of hydrogen-bond donors (Lipinski definition) is 2. The van der Waals surface area contributed by atoms with Gasteiger partial charge >= 0.3 is 0 Å². The van der Waals surface area contributed by atoms with E-state index in [-0.39, 0.29) is 6.42 Å². The number of amides is 1. The molecule has 1 amide bonds. The molecule has 3 N–H and O–H groups in total. The van der Waals surface area contributed by atoms with Crippen LogP contribution < -0.4 is 5.73 Å². The Kier molecular flexibility index (Phi) is 3.32. The molecule has 0 saturated heterocycles. The van der Waals surface area contributed by atoms with Crippen LogP contribution in [0.2, 0.25) is 0 Å². The third-order valence-electron chi connectivity index (χ3n) is 1.32. The molecule has 0 fully saturated rings. The summed E-state index contributed by atoms with van der Waals surface area (Å²) in [6.45, 7) is 1.70. The molecule has 0 aromatic carbocycles. The second-order valence-electron chi connectivity index (χ2n) is 2.38. The van der Waals surface area contributed by atoms with Crippen LogP contribution in [-0.4, -0.2) is 30.3 Å². The van der Waals surface area contributed by atoms with Crippen LogP contribution in [0.4, 0.5) is 0 Å². The predicted molar refractivity (Wildman–Crippen MR) is 36.3 cm³/mol. The maximum absolute atomic E-state index is 10.4. The van der Waals surface area contributed by atoms with Gasteiger partial charge in [0.25, 0.3) is 0 Å². The Morgan fingerprint density at radius 3 is 2.60 bits per heavy atom. The predicted octanol–water partition coefficient (Wildman–Crippen LogP) is -0.741. The topological polar surface area (TPSA) is 72.6 Å². The van der Waals surface area contributed by atoms with Gasteiger partial charge in [0.1, 0.15) is 5.60 Å². The summed E-state index contributed by atoms with van der Waals surface area (Å²) < 4.78 is 4.66. The van der Waals surface area contributed by atoms with Crippen LogP contribution in [-0.2, 0) is 9.53 Å². The first kappa shape index (κ1) is 9.39. The lowest BCUT2D eigenvalue weighted by Gasteiger charge is -2.17. The van der Waals surface area contributed by atoms with Crippen molar-refractivity contribution in [2.75, 3.05) is 13.7 Å². The van der Waals surface area contributed by atoms with Crippen LogP contribution >= 0.6 is 0 Å². The third-order valence-corrected chi connectivity index (χ3v) is 1.32. The molecule has 0 radical (unpaired) electrons. The molecule has 60 valence electrons. The Bertz CT molecular complexity index is 122. The molecular weight excluding hydrogens is 134 g/mol. The van der Waals surface area contributed by atoms with Gasteiger partial charge in [-0.15, -0.1) is 0 Å². The van der Waals surface area contributed by atoms with Crippen LogP contribution in [0, 0.1) is 0 Å². The molecule has 0 saturated carbocycles. The second-order valence-corrected chi connectivity index (χ2v) is 2.38. The van der Waals surface area contributed by atoms with E-state index in [1.807, 2.05) is 0 Å². The maximum Gasteiger partial charge on any atom is 0.249 e. The molecule has 0 heterocycles. The fourth-order valence-electron chi connectivity index (χ4n) is 0.424. The number of carbonyl (C=O) groups is 1. The monoisotopic (exact) mass is 147 g/mol. The lowest BCUT2D eigenvalue weighted by molar-refractivity contribution is -0.136. The second kappa shape index (κ2) is 3.53. The van der Waals surface area contributed by atoms with E-state index in [1.54, 1.807) is 0 Å². The summed E-state index contributed by atoms with van der Waals surface area (Å²) >= 11 is 0. The van der Waals surface area contributed by atoms with E-state index < -0.39 is 11.5 Å². The number of aliphatic hydroxyl groups is 1. The van der Waals surface area contributed by atoms with Crippen molar-refractivity contribution >= 4 is 5.91 Å². The zero-order valence-corrected chi connectivity index (χ0v) is 6.26. The summed E-state index contributed by atoms with van der Waals surface area (Å²) in [5.74, 6) is -0.718. The summed E-state index contributed by atoms with van der Waals surface area (Å²) in [7, 11) is 1.50. The van der Waals surface area contributed by atoms with Crippen molar-refractivity contribution in [3.63, 3.8) is 0 Å². The van der Waals surface area contributed by atoms with Gasteiger partial charge in [-0.3, -0.25) is 4.79 Å². The molecule has 0 rings (SSSR count). The van der Waals surface area contributed by atoms with Crippen molar-refractivity contribution in [3.8, 4) is 0 Å². The number of carbonyl (C=O) groups excluding carboxylic acids is 1. The smallest absolute Gasteiger partial charge is 0.249 e. The van der Waals surface area contributed by atoms with Gasteiger partial charge in [0.2, 0.25) is 5.91 Å². The van der Waals surface area contributed by atoms with E-state index in [1.165, 1.54) is 14.0 Å². The Hall–Kier alpha value is -0.610. The zero-order valence-electron chi connectivity index (χ0n) is 6.26. The Morgan fingerprint density at radius 2 is 2.30 bits per heavy atom. The minimum absolute atomic E-state index is 0.235. The minimum atomic E-state index is -1.43. The van der Waals surface area contributed by atoms with Gasteiger partial charge in [-0.1, -0.05) is 0 Å². The molecule has 0 aliphatic heterocycles. The average Bonchev–Trinajstić information content (AvgIpc) is 1.84. The Morgan fingerprint density at radius 1 is 1.80 bits per heavy atom. The fraction of sp³-hybridized carbons (Fsp3) is 0.833. The highest BCUT2D eigenvalue weighted by molar-refractivity contribution is 5.82. The molecule has 4 heteroatoms. The van der Waals surface area contributed by atoms with Gasteiger partial charge in [-0.2, -0.15) is 0 Å². The van der Waals surface area contributed by atoms with Gasteiger partial charge in [0.05, 0.1) is 0 Å². The normalized spacial score (nSPS) is 16.3. The first-order valence-electron chi connectivity index (χ1n) is 3.02. The molecule has 1 atom stereocenters. The summed E-state index contributed by atoms with van der Waals surface area (Å²) in [6, 6.07) is 0. The van der Waals surface area contributed by atoms with Crippen LogP contribution in [0.1, 0.15) is 13.3 Å². The lowest BCUT2D eigenvalue weighted by Crippen LogP contribution is -2.41. The van der Waals surface area contributed by atoms with Gasteiger partial charge in [0.15, 0.2) is 0 Å². The molecule has 0 bridgehead atoms. The van der Waals surface area contributed by atoms with Gasteiger partial charge in [0, 0.05) is 20.1 Å². The van der Waals surface area contributed by atoms with Crippen LogP contribution in [0.25, 0.3) is 0 Å². The number of primary amides is 1. The van der Waals surface area contributed by atoms with Crippen molar-refractivity contribution in [1.29, 1.82) is 0 Å². The number of nitrogens with two attached hydrogens (primary N) is 1. The number of rotatable bonds is 4. The molecule has 0 aliphatic rings. The summed E-state index contributed by atoms with van der Waals surface area (Å²) in [6.07, 6.45) is 0.235. The van der Waals surface area contributed by atoms with E-state index in [2.05, 4.69) is 4.74 Å². The molecular formula is C6H13NO3. The molecule has 0 aliphatic carbocycles. The van der Waals surface area contributed by atoms with Gasteiger partial charge in [-0.05, 0) is 6.92 Å². The molecule has 0 aromatic heterocycles. The maximum atomic E-state index is 10.4. The molecule has 0 aromatic rings. The molecule has 10 heavy (non-hydrogen) atoms. The van der Waals surface area contributed by atoms with Crippen LogP contribution in [0.15, 0.2) is 0 Å². The highest BCUT2D eigenvalue weighted by Crippen LogP contribution is 2.06. The zero-order chi connectivity index (χ0) is 8.20. The van der Waals surface area contributed by atoms with Crippen molar-refractivity contribution in [2.45, 2.75) is 18.9 Å². The van der Waals surface area contributed by atoms with Crippen molar-refractivity contribution in [3.05, 3.63) is 0 Å². The summed E-state index contributed by atoms with van der Waals surface area (Å²) in [4.78, 5) is 10.4. The molecule has 4 nitrogen and oxygen atoms in total. The first-order chi connectivity index (χ1) is 4.50. The lowest BCUT2D eigenvalue weighted by atomic mass is 10.0. The number of hydrogen-bond acceptors (Lipinski definition) is 3.